The Bertz CT molecular complexity index is 761. The highest BCUT2D eigenvalue weighted by molar-refractivity contribution is 7.80. The third-order valence-electron chi connectivity index (χ3n) is 5.02. The van der Waals surface area contributed by atoms with Gasteiger partial charge in [-0.05, 0) is 18.4 Å². The van der Waals surface area contributed by atoms with Crippen LogP contribution in [-0.4, -0.2) is 58.7 Å². The van der Waals surface area contributed by atoms with Crippen LogP contribution in [0, 0.1) is 5.92 Å². The van der Waals surface area contributed by atoms with Gasteiger partial charge in [0.05, 0.1) is 6.04 Å². The number of hydrogen-bond acceptors (Lipinski definition) is 6. The summed E-state index contributed by atoms with van der Waals surface area (Å²) in [6.07, 6.45) is 0.908. The fourth-order valence-electron chi connectivity index (χ4n) is 2.70. The van der Waals surface area contributed by atoms with Crippen molar-refractivity contribution >= 4 is 36.3 Å². The molecule has 0 aliphatic rings. The summed E-state index contributed by atoms with van der Waals surface area (Å²) in [6.45, 7) is 5.20. The predicted octanol–water partition coefficient (Wildman–Crippen LogP) is 0.0912. The summed E-state index contributed by atoms with van der Waals surface area (Å²) in [6, 6.07) is 5.18. The van der Waals surface area contributed by atoms with Crippen molar-refractivity contribution in [3.63, 3.8) is 0 Å². The molecule has 31 heavy (non-hydrogen) atoms. The van der Waals surface area contributed by atoms with Gasteiger partial charge in [0.1, 0.15) is 18.1 Å². The second kappa shape index (κ2) is 13.0. The summed E-state index contributed by atoms with van der Waals surface area (Å²) in [7, 11) is 0. The number of carboxylic acid groups (broad SMARTS) is 1. The molecule has 5 atom stereocenters. The van der Waals surface area contributed by atoms with Crippen LogP contribution in [0.25, 0.3) is 0 Å². The number of carbonyl (C=O) groups excluding carboxylic acids is 3. The van der Waals surface area contributed by atoms with E-state index in [9.17, 15) is 19.2 Å². The summed E-state index contributed by atoms with van der Waals surface area (Å²) in [4.78, 5) is 48.8. The minimum absolute atomic E-state index is 0.0701. The molecule has 0 heterocycles. The number of nitrogens with one attached hydrogen (secondary N) is 3. The maximum Gasteiger partial charge on any atom is 0.327 e. The van der Waals surface area contributed by atoms with Gasteiger partial charge in [0, 0.05) is 12.2 Å². The first-order chi connectivity index (χ1) is 14.6. The quantitative estimate of drug-likeness (QED) is 0.247. The van der Waals surface area contributed by atoms with Gasteiger partial charge in [0.2, 0.25) is 17.7 Å². The van der Waals surface area contributed by atoms with Crippen LogP contribution in [-0.2, 0) is 25.6 Å². The van der Waals surface area contributed by atoms with Crippen molar-refractivity contribution in [1.82, 2.24) is 16.0 Å². The molecule has 1 aromatic carbocycles. The Kier molecular flexibility index (Phi) is 11.1. The summed E-state index contributed by atoms with van der Waals surface area (Å²) >= 11 is 3.89. The molecule has 0 saturated carbocycles. The standard InChI is InChI=1S/C21H32N4O5S/c1-4-12(2)17(22)20(28)24-15(10-14-8-6-5-7-9-14)19(27)23-13(3)18(26)25-16(11-31)21(29)30/h5-9,12-13,15-17,31H,4,10-11,22H2,1-3H3,(H,23,27)(H,24,28)(H,25,26)(H,29,30). The number of hydrogen-bond donors (Lipinski definition) is 6. The number of benzene rings is 1. The highest BCUT2D eigenvalue weighted by Gasteiger charge is 2.29. The molecule has 0 aliphatic heterocycles. The maximum absolute atomic E-state index is 12.9. The van der Waals surface area contributed by atoms with Gasteiger partial charge in [-0.1, -0.05) is 50.6 Å². The second-order valence-electron chi connectivity index (χ2n) is 7.47. The number of carboxylic acids is 1. The molecule has 0 radical (unpaired) electrons. The van der Waals surface area contributed by atoms with Crippen molar-refractivity contribution in [2.24, 2.45) is 11.7 Å². The molecule has 9 nitrogen and oxygen atoms in total. The molecule has 0 fully saturated rings. The van der Waals surface area contributed by atoms with Crippen molar-refractivity contribution in [3.05, 3.63) is 35.9 Å². The Balaban J connectivity index is 2.90. The lowest BCUT2D eigenvalue weighted by Crippen LogP contribution is -2.57. The Labute approximate surface area is 187 Å². The molecule has 172 valence electrons. The van der Waals surface area contributed by atoms with Crippen molar-refractivity contribution in [2.45, 2.75) is 57.8 Å². The van der Waals surface area contributed by atoms with Crippen molar-refractivity contribution in [1.29, 1.82) is 0 Å². The van der Waals surface area contributed by atoms with Gasteiger partial charge in [-0.2, -0.15) is 12.6 Å². The first kappa shape index (κ1) is 26.4. The highest BCUT2D eigenvalue weighted by Crippen LogP contribution is 2.08. The van der Waals surface area contributed by atoms with Gasteiger partial charge in [-0.25, -0.2) is 4.79 Å². The van der Waals surface area contributed by atoms with E-state index in [1.165, 1.54) is 6.92 Å². The van der Waals surface area contributed by atoms with Gasteiger partial charge in [0.25, 0.3) is 0 Å². The van der Waals surface area contributed by atoms with Crippen LogP contribution in [0.4, 0.5) is 0 Å². The molecule has 1 aromatic rings. The van der Waals surface area contributed by atoms with E-state index in [0.29, 0.717) is 6.42 Å². The molecule has 3 amide bonds. The number of thiol groups is 1. The van der Waals surface area contributed by atoms with Crippen LogP contribution in [0.15, 0.2) is 30.3 Å². The SMILES string of the molecule is CCC(C)C(N)C(=O)NC(Cc1ccccc1)C(=O)NC(C)C(=O)NC(CS)C(=O)O. The van der Waals surface area contributed by atoms with Gasteiger partial charge in [0.15, 0.2) is 0 Å². The topological polar surface area (TPSA) is 151 Å². The first-order valence-corrected chi connectivity index (χ1v) is 10.8. The zero-order valence-corrected chi connectivity index (χ0v) is 18.9. The zero-order valence-electron chi connectivity index (χ0n) is 18.0. The van der Waals surface area contributed by atoms with E-state index in [4.69, 9.17) is 10.8 Å². The van der Waals surface area contributed by atoms with Crippen LogP contribution < -0.4 is 21.7 Å². The molecule has 0 aliphatic carbocycles. The fourth-order valence-corrected chi connectivity index (χ4v) is 2.95. The number of amides is 3. The first-order valence-electron chi connectivity index (χ1n) is 10.1. The van der Waals surface area contributed by atoms with Crippen LogP contribution in [0.1, 0.15) is 32.8 Å². The molecule has 1 rings (SSSR count). The van der Waals surface area contributed by atoms with Gasteiger partial charge < -0.3 is 26.8 Å². The van der Waals surface area contributed by atoms with E-state index in [2.05, 4.69) is 28.6 Å². The van der Waals surface area contributed by atoms with Crippen LogP contribution in [0.2, 0.25) is 0 Å². The third-order valence-corrected chi connectivity index (χ3v) is 5.39. The lowest BCUT2D eigenvalue weighted by molar-refractivity contribution is -0.141. The van der Waals surface area contributed by atoms with E-state index in [1.807, 2.05) is 44.2 Å². The Hall–Kier alpha value is -2.59. The molecule has 0 saturated heterocycles. The lowest BCUT2D eigenvalue weighted by Gasteiger charge is -2.25. The molecule has 0 spiro atoms. The van der Waals surface area contributed by atoms with Crippen molar-refractivity contribution < 1.29 is 24.3 Å². The number of nitrogens with two attached hydrogens (primary N) is 1. The van der Waals surface area contributed by atoms with Gasteiger partial charge in [-0.15, -0.1) is 0 Å². The molecule has 10 heteroatoms. The molecule has 6 N–H and O–H groups in total. The van der Waals surface area contributed by atoms with Crippen LogP contribution >= 0.6 is 12.6 Å². The van der Waals surface area contributed by atoms with Crippen molar-refractivity contribution in [2.75, 3.05) is 5.75 Å². The molecule has 5 unspecified atom stereocenters. The lowest BCUT2D eigenvalue weighted by atomic mass is 9.98. The predicted molar refractivity (Wildman–Crippen MR) is 121 cm³/mol. The molecular weight excluding hydrogens is 420 g/mol. The van der Waals surface area contributed by atoms with Gasteiger partial charge >= 0.3 is 5.97 Å². The van der Waals surface area contributed by atoms with E-state index in [1.54, 1.807) is 0 Å². The van der Waals surface area contributed by atoms with E-state index in [-0.39, 0.29) is 18.1 Å². The Morgan fingerprint density at radius 1 is 0.968 bits per heavy atom. The van der Waals surface area contributed by atoms with Crippen molar-refractivity contribution in [3.8, 4) is 0 Å². The Morgan fingerprint density at radius 3 is 2.06 bits per heavy atom. The third kappa shape index (κ3) is 8.58. The largest absolute Gasteiger partial charge is 0.480 e. The average Bonchev–Trinajstić information content (AvgIpc) is 2.75. The maximum atomic E-state index is 12.9. The number of aliphatic carboxylic acids is 1. The minimum atomic E-state index is -1.23. The highest BCUT2D eigenvalue weighted by atomic mass is 32.1. The zero-order chi connectivity index (χ0) is 23.6. The average molecular weight is 453 g/mol. The van der Waals surface area contributed by atoms with E-state index in [0.717, 1.165) is 5.56 Å². The fraction of sp³-hybridized carbons (Fsp3) is 0.524. The number of carbonyl (C=O) groups is 4. The minimum Gasteiger partial charge on any atom is -0.480 e. The summed E-state index contributed by atoms with van der Waals surface area (Å²) < 4.78 is 0. The smallest absolute Gasteiger partial charge is 0.327 e. The Morgan fingerprint density at radius 2 is 1.55 bits per heavy atom. The number of rotatable bonds is 12. The second-order valence-corrected chi connectivity index (χ2v) is 7.84. The van der Waals surface area contributed by atoms with E-state index >= 15 is 0 Å². The normalized spacial score (nSPS) is 15.6. The van der Waals surface area contributed by atoms with Gasteiger partial charge in [-0.3, -0.25) is 14.4 Å². The summed E-state index contributed by atoms with van der Waals surface area (Å²) in [5.74, 6) is -3.09. The molecule has 0 bridgehead atoms. The molecule has 0 aromatic heterocycles. The monoisotopic (exact) mass is 452 g/mol. The van der Waals surface area contributed by atoms with E-state index < -0.39 is 47.9 Å². The van der Waals surface area contributed by atoms with Crippen LogP contribution in [0.5, 0.6) is 0 Å². The van der Waals surface area contributed by atoms with Crippen LogP contribution in [0.3, 0.4) is 0 Å². The summed E-state index contributed by atoms with van der Waals surface area (Å²) in [5.41, 5.74) is 6.81. The molecular formula is C21H32N4O5S. The summed E-state index contributed by atoms with van der Waals surface area (Å²) in [5, 5.41) is 16.6.